The Morgan fingerprint density at radius 2 is 1.67 bits per heavy atom. The van der Waals surface area contributed by atoms with Crippen molar-refractivity contribution in [1.82, 2.24) is 0 Å². The summed E-state index contributed by atoms with van der Waals surface area (Å²) in [4.78, 5) is 11.3. The molecule has 90 valence electrons. The first-order valence-corrected chi connectivity index (χ1v) is 5.82. The van der Waals surface area contributed by atoms with Gasteiger partial charge in [-0.05, 0) is 25.7 Å². The molecule has 0 aliphatic heterocycles. The first kappa shape index (κ1) is 14.6. The minimum atomic E-state index is -0.307. The van der Waals surface area contributed by atoms with Crippen molar-refractivity contribution in [2.24, 2.45) is 5.41 Å². The van der Waals surface area contributed by atoms with Gasteiger partial charge in [-0.15, -0.1) is 0 Å². The molecule has 0 radical (unpaired) electrons. The molecule has 0 unspecified atom stereocenters. The number of hydrogen-bond acceptors (Lipinski definition) is 2. The zero-order chi connectivity index (χ0) is 12.1. The van der Waals surface area contributed by atoms with E-state index >= 15 is 0 Å². The molecule has 0 fully saturated rings. The van der Waals surface area contributed by atoms with E-state index in [4.69, 9.17) is 4.74 Å². The number of rotatable bonds is 6. The molecule has 0 saturated heterocycles. The molecule has 0 rings (SSSR count). The summed E-state index contributed by atoms with van der Waals surface area (Å²) >= 11 is 0. The van der Waals surface area contributed by atoms with Crippen LogP contribution < -0.4 is 0 Å². The molecule has 2 nitrogen and oxygen atoms in total. The average Bonchev–Trinajstić information content (AvgIpc) is 2.00. The third-order valence-electron chi connectivity index (χ3n) is 2.36. The molecule has 0 aromatic carbocycles. The van der Waals surface area contributed by atoms with Crippen molar-refractivity contribution >= 4 is 5.78 Å². The number of ketones is 1. The largest absolute Gasteiger partial charge is 0.375 e. The maximum Gasteiger partial charge on any atom is 0.135 e. The van der Waals surface area contributed by atoms with Gasteiger partial charge in [0.2, 0.25) is 0 Å². The van der Waals surface area contributed by atoms with Crippen LogP contribution in [0.2, 0.25) is 0 Å². The Hall–Kier alpha value is -0.370. The molecular weight excluding hydrogens is 188 g/mol. The third kappa shape index (κ3) is 8.61. The zero-order valence-electron chi connectivity index (χ0n) is 11.1. The molecule has 0 heterocycles. The number of Topliss-reactive ketones (excluding diaryl/α,β-unsaturated/α-hetero) is 1. The summed E-state index contributed by atoms with van der Waals surface area (Å²) in [6.45, 7) is 13.2. The van der Waals surface area contributed by atoms with Gasteiger partial charge in [0.25, 0.3) is 0 Å². The number of carbonyl (C=O) groups excluding carboxylic acids is 1. The van der Waals surface area contributed by atoms with Crippen molar-refractivity contribution in [3.8, 4) is 0 Å². The lowest BCUT2D eigenvalue weighted by Crippen LogP contribution is -2.29. The molecule has 2 heteroatoms. The highest BCUT2D eigenvalue weighted by Gasteiger charge is 2.22. The van der Waals surface area contributed by atoms with Gasteiger partial charge in [-0.3, -0.25) is 4.79 Å². The molecule has 0 aromatic rings. The summed E-state index contributed by atoms with van der Waals surface area (Å²) < 4.78 is 5.76. The topological polar surface area (TPSA) is 26.3 Å². The van der Waals surface area contributed by atoms with Crippen LogP contribution in [0.1, 0.15) is 60.8 Å². The van der Waals surface area contributed by atoms with Gasteiger partial charge in [0, 0.05) is 19.4 Å². The van der Waals surface area contributed by atoms with Gasteiger partial charge in [-0.1, -0.05) is 27.7 Å². The third-order valence-corrected chi connectivity index (χ3v) is 2.36. The van der Waals surface area contributed by atoms with Crippen LogP contribution in [0.5, 0.6) is 0 Å². The quantitative estimate of drug-likeness (QED) is 0.675. The Morgan fingerprint density at radius 3 is 2.07 bits per heavy atom. The molecule has 0 aliphatic carbocycles. The molecule has 0 aliphatic rings. The molecule has 0 spiro atoms. The first-order valence-electron chi connectivity index (χ1n) is 5.82. The number of hydrogen-bond donors (Lipinski definition) is 0. The molecule has 0 amide bonds. The molecule has 15 heavy (non-hydrogen) atoms. The van der Waals surface area contributed by atoms with Crippen LogP contribution in [0.3, 0.4) is 0 Å². The summed E-state index contributed by atoms with van der Waals surface area (Å²) in [5, 5.41) is 0. The van der Waals surface area contributed by atoms with Gasteiger partial charge in [0.15, 0.2) is 0 Å². The van der Waals surface area contributed by atoms with Gasteiger partial charge >= 0.3 is 0 Å². The summed E-state index contributed by atoms with van der Waals surface area (Å²) in [6, 6.07) is 0. The average molecular weight is 214 g/mol. The van der Waals surface area contributed by atoms with Crippen LogP contribution >= 0.6 is 0 Å². The Balaban J connectivity index is 3.89. The highest BCUT2D eigenvalue weighted by atomic mass is 16.5. The second-order valence-electron chi connectivity index (χ2n) is 5.99. The minimum Gasteiger partial charge on any atom is -0.375 e. The second kappa shape index (κ2) is 5.64. The highest BCUT2D eigenvalue weighted by Crippen LogP contribution is 2.22. The van der Waals surface area contributed by atoms with Crippen molar-refractivity contribution in [2.75, 3.05) is 6.61 Å². The van der Waals surface area contributed by atoms with Gasteiger partial charge in [0.1, 0.15) is 5.78 Å². The predicted molar refractivity (Wildman–Crippen MR) is 64.0 cm³/mol. The summed E-state index contributed by atoms with van der Waals surface area (Å²) in [7, 11) is 0. The van der Waals surface area contributed by atoms with Crippen molar-refractivity contribution < 1.29 is 9.53 Å². The number of ether oxygens (including phenoxy) is 1. The number of carbonyl (C=O) groups is 1. The van der Waals surface area contributed by atoms with Crippen molar-refractivity contribution in [3.63, 3.8) is 0 Å². The normalized spacial score (nSPS) is 12.9. The monoisotopic (exact) mass is 214 g/mol. The Morgan fingerprint density at radius 1 is 1.13 bits per heavy atom. The van der Waals surface area contributed by atoms with E-state index in [1.807, 2.05) is 20.8 Å². The smallest absolute Gasteiger partial charge is 0.135 e. The van der Waals surface area contributed by atoms with E-state index in [0.29, 0.717) is 18.3 Å². The van der Waals surface area contributed by atoms with Crippen molar-refractivity contribution in [3.05, 3.63) is 0 Å². The maximum atomic E-state index is 11.3. The van der Waals surface area contributed by atoms with Crippen molar-refractivity contribution in [2.45, 2.75) is 66.4 Å². The van der Waals surface area contributed by atoms with E-state index in [0.717, 1.165) is 13.0 Å². The van der Waals surface area contributed by atoms with E-state index in [1.54, 1.807) is 0 Å². The van der Waals surface area contributed by atoms with Crippen LogP contribution in [-0.2, 0) is 9.53 Å². The predicted octanol–water partition coefficient (Wildman–Crippen LogP) is 3.59. The molecular formula is C13H26O2. The van der Waals surface area contributed by atoms with E-state index in [9.17, 15) is 4.79 Å². The van der Waals surface area contributed by atoms with Gasteiger partial charge in [-0.2, -0.15) is 0 Å². The zero-order valence-corrected chi connectivity index (χ0v) is 11.1. The summed E-state index contributed by atoms with van der Waals surface area (Å²) in [5.41, 5.74) is -0.0107. The van der Waals surface area contributed by atoms with Crippen LogP contribution in [0.15, 0.2) is 0 Å². The van der Waals surface area contributed by atoms with E-state index in [2.05, 4.69) is 20.8 Å². The lowest BCUT2D eigenvalue weighted by Gasteiger charge is -2.27. The van der Waals surface area contributed by atoms with Gasteiger partial charge in [-0.25, -0.2) is 0 Å². The summed E-state index contributed by atoms with van der Waals surface area (Å²) in [5.74, 6) is 0.274. The van der Waals surface area contributed by atoms with E-state index in [-0.39, 0.29) is 11.4 Å². The fraction of sp³-hybridized carbons (Fsp3) is 0.923. The molecule has 0 N–H and O–H groups in total. The minimum absolute atomic E-state index is 0.274. The second-order valence-corrected chi connectivity index (χ2v) is 5.99. The van der Waals surface area contributed by atoms with Crippen LogP contribution in [0.4, 0.5) is 0 Å². The molecule has 0 bridgehead atoms. The maximum absolute atomic E-state index is 11.3. The van der Waals surface area contributed by atoms with Gasteiger partial charge < -0.3 is 4.74 Å². The van der Waals surface area contributed by atoms with E-state index < -0.39 is 0 Å². The van der Waals surface area contributed by atoms with Gasteiger partial charge in [0.05, 0.1) is 5.60 Å². The van der Waals surface area contributed by atoms with E-state index in [1.165, 1.54) is 0 Å². The molecule has 0 saturated carbocycles. The van der Waals surface area contributed by atoms with Crippen molar-refractivity contribution in [1.29, 1.82) is 0 Å². The Bertz CT molecular complexity index is 199. The highest BCUT2D eigenvalue weighted by molar-refractivity contribution is 5.78. The van der Waals surface area contributed by atoms with Crippen LogP contribution in [-0.4, -0.2) is 18.0 Å². The fourth-order valence-electron chi connectivity index (χ4n) is 1.28. The summed E-state index contributed by atoms with van der Waals surface area (Å²) in [6.07, 6.45) is 2.15. The molecule has 0 aromatic heterocycles. The van der Waals surface area contributed by atoms with Crippen LogP contribution in [0, 0.1) is 5.41 Å². The first-order chi connectivity index (χ1) is 6.66. The Labute approximate surface area is 94.4 Å². The lowest BCUT2D eigenvalue weighted by molar-refractivity contribution is -0.125. The SMILES string of the molecule is CCC(=O)CC(C)(C)OCCC(C)(C)C. The Kier molecular flexibility index (Phi) is 5.50. The fourth-order valence-corrected chi connectivity index (χ4v) is 1.28. The lowest BCUT2D eigenvalue weighted by atomic mass is 9.92. The van der Waals surface area contributed by atoms with Crippen LogP contribution in [0.25, 0.3) is 0 Å². The molecule has 0 atom stereocenters. The standard InChI is InChI=1S/C13H26O2/c1-7-11(14)10-13(5,6)15-9-8-12(2,3)4/h7-10H2,1-6H3.